The molecule has 0 saturated heterocycles. The van der Waals surface area contributed by atoms with Gasteiger partial charge in [-0.1, -0.05) is 0 Å². The molecule has 2 aromatic carbocycles. The lowest BCUT2D eigenvalue weighted by atomic mass is 9.82. The van der Waals surface area contributed by atoms with Gasteiger partial charge in [-0.2, -0.15) is 0 Å². The average Bonchev–Trinajstić information content (AvgIpc) is 2.42. The van der Waals surface area contributed by atoms with Gasteiger partial charge >= 0.3 is 0 Å². The van der Waals surface area contributed by atoms with E-state index in [4.69, 9.17) is 4.74 Å². The SMILES string of the molecule is COc1cc(C)cc2c1C(=O)c1c(O)cc(O)cc1C2=O. The Balaban J connectivity index is 2.38. The zero-order valence-electron chi connectivity index (χ0n) is 11.4. The molecule has 0 aliphatic heterocycles. The number of rotatable bonds is 1. The number of hydrogen-bond donors (Lipinski definition) is 2. The van der Waals surface area contributed by atoms with Crippen LogP contribution >= 0.6 is 0 Å². The first kappa shape index (κ1) is 13.2. The molecule has 106 valence electrons. The zero-order valence-corrected chi connectivity index (χ0v) is 11.4. The number of ether oxygens (including phenoxy) is 1. The van der Waals surface area contributed by atoms with E-state index in [1.807, 2.05) is 0 Å². The molecule has 0 atom stereocenters. The Labute approximate surface area is 120 Å². The number of ketones is 2. The minimum Gasteiger partial charge on any atom is -0.508 e. The summed E-state index contributed by atoms with van der Waals surface area (Å²) in [6, 6.07) is 5.48. The Morgan fingerprint density at radius 3 is 2.24 bits per heavy atom. The van der Waals surface area contributed by atoms with Crippen molar-refractivity contribution < 1.29 is 24.5 Å². The van der Waals surface area contributed by atoms with E-state index in [1.165, 1.54) is 13.2 Å². The summed E-state index contributed by atoms with van der Waals surface area (Å²) in [5.41, 5.74) is 1.03. The molecular formula is C16H12O5. The second kappa shape index (κ2) is 4.34. The molecule has 0 radical (unpaired) electrons. The van der Waals surface area contributed by atoms with E-state index in [2.05, 4.69) is 0 Å². The number of aryl methyl sites for hydroxylation is 1. The van der Waals surface area contributed by atoms with Crippen molar-refractivity contribution in [1.82, 2.24) is 0 Å². The van der Waals surface area contributed by atoms with E-state index in [9.17, 15) is 19.8 Å². The van der Waals surface area contributed by atoms with Crippen LogP contribution < -0.4 is 4.74 Å². The van der Waals surface area contributed by atoms with Crippen LogP contribution in [-0.2, 0) is 0 Å². The lowest BCUT2D eigenvalue weighted by molar-refractivity contribution is 0.0973. The zero-order chi connectivity index (χ0) is 15.3. The molecule has 0 fully saturated rings. The van der Waals surface area contributed by atoms with Crippen LogP contribution in [0.25, 0.3) is 0 Å². The maximum atomic E-state index is 12.6. The largest absolute Gasteiger partial charge is 0.508 e. The quantitative estimate of drug-likeness (QED) is 0.715. The topological polar surface area (TPSA) is 83.8 Å². The number of fused-ring (bicyclic) bond motifs is 2. The lowest BCUT2D eigenvalue weighted by Crippen LogP contribution is -2.22. The van der Waals surface area contributed by atoms with Gasteiger partial charge in [0.25, 0.3) is 0 Å². The van der Waals surface area contributed by atoms with Gasteiger partial charge in [0, 0.05) is 17.2 Å². The van der Waals surface area contributed by atoms with Crippen LogP contribution in [0.2, 0.25) is 0 Å². The van der Waals surface area contributed by atoms with Crippen LogP contribution in [0.5, 0.6) is 17.2 Å². The van der Waals surface area contributed by atoms with E-state index in [-0.39, 0.29) is 28.0 Å². The van der Waals surface area contributed by atoms with Crippen LogP contribution in [0.4, 0.5) is 0 Å². The Morgan fingerprint density at radius 2 is 1.57 bits per heavy atom. The Kier molecular flexibility index (Phi) is 2.73. The number of hydrogen-bond acceptors (Lipinski definition) is 5. The highest BCUT2D eigenvalue weighted by Crippen LogP contribution is 2.39. The molecule has 0 unspecified atom stereocenters. The van der Waals surface area contributed by atoms with E-state index < -0.39 is 17.3 Å². The summed E-state index contributed by atoms with van der Waals surface area (Å²) in [6.07, 6.45) is 0. The second-order valence-electron chi connectivity index (χ2n) is 4.94. The molecule has 5 heteroatoms. The molecule has 2 N–H and O–H groups in total. The Hall–Kier alpha value is -2.82. The molecular weight excluding hydrogens is 272 g/mol. The second-order valence-corrected chi connectivity index (χ2v) is 4.94. The average molecular weight is 284 g/mol. The minimum atomic E-state index is -0.492. The summed E-state index contributed by atoms with van der Waals surface area (Å²) in [7, 11) is 1.42. The first-order valence-corrected chi connectivity index (χ1v) is 6.28. The fourth-order valence-corrected chi connectivity index (χ4v) is 2.63. The third kappa shape index (κ3) is 1.78. The van der Waals surface area contributed by atoms with Crippen molar-refractivity contribution in [3.05, 3.63) is 52.1 Å². The number of phenolic OH excluding ortho intramolecular Hbond substituents is 2. The molecule has 3 rings (SSSR count). The van der Waals surface area contributed by atoms with Crippen LogP contribution in [0.1, 0.15) is 37.4 Å². The monoisotopic (exact) mass is 284 g/mol. The van der Waals surface area contributed by atoms with E-state index in [0.29, 0.717) is 5.75 Å². The van der Waals surface area contributed by atoms with Crippen molar-refractivity contribution in [3.8, 4) is 17.2 Å². The third-order valence-electron chi connectivity index (χ3n) is 3.51. The normalized spacial score (nSPS) is 12.9. The Bertz CT molecular complexity index is 805. The molecule has 0 bridgehead atoms. The number of carbonyl (C=O) groups excluding carboxylic acids is 2. The number of aromatic hydroxyl groups is 2. The molecule has 0 aromatic heterocycles. The molecule has 0 amide bonds. The number of carbonyl (C=O) groups is 2. The fourth-order valence-electron chi connectivity index (χ4n) is 2.63. The predicted molar refractivity (Wildman–Crippen MR) is 74.4 cm³/mol. The van der Waals surface area contributed by atoms with Gasteiger partial charge in [-0.3, -0.25) is 9.59 Å². The number of phenols is 2. The van der Waals surface area contributed by atoms with E-state index in [1.54, 1.807) is 19.1 Å². The van der Waals surface area contributed by atoms with Gasteiger partial charge in [0.2, 0.25) is 5.78 Å². The summed E-state index contributed by atoms with van der Waals surface area (Å²) >= 11 is 0. The highest BCUT2D eigenvalue weighted by atomic mass is 16.5. The molecule has 5 nitrogen and oxygen atoms in total. The van der Waals surface area contributed by atoms with Gasteiger partial charge in [-0.25, -0.2) is 0 Å². The van der Waals surface area contributed by atoms with Crippen molar-refractivity contribution in [2.24, 2.45) is 0 Å². The first-order valence-electron chi connectivity index (χ1n) is 6.28. The van der Waals surface area contributed by atoms with Gasteiger partial charge in [-0.05, 0) is 30.7 Å². The molecule has 1 aliphatic carbocycles. The van der Waals surface area contributed by atoms with Gasteiger partial charge in [0.15, 0.2) is 5.78 Å². The molecule has 0 heterocycles. The van der Waals surface area contributed by atoms with E-state index in [0.717, 1.165) is 11.6 Å². The highest BCUT2D eigenvalue weighted by Gasteiger charge is 2.35. The maximum absolute atomic E-state index is 12.6. The molecule has 1 aliphatic rings. The Morgan fingerprint density at radius 1 is 0.905 bits per heavy atom. The van der Waals surface area contributed by atoms with Crippen LogP contribution in [0, 0.1) is 6.92 Å². The first-order chi connectivity index (χ1) is 9.93. The summed E-state index contributed by atoms with van der Waals surface area (Å²) in [4.78, 5) is 25.2. The van der Waals surface area contributed by atoms with Gasteiger partial charge in [-0.15, -0.1) is 0 Å². The van der Waals surface area contributed by atoms with Crippen molar-refractivity contribution >= 4 is 11.6 Å². The summed E-state index contributed by atoms with van der Waals surface area (Å²) < 4.78 is 5.19. The van der Waals surface area contributed by atoms with Crippen molar-refractivity contribution in [2.75, 3.05) is 7.11 Å². The third-order valence-corrected chi connectivity index (χ3v) is 3.51. The standard InChI is InChI=1S/C16H12O5/c1-7-3-9-14(12(4-7)21-2)16(20)13-10(15(9)19)5-8(17)6-11(13)18/h3-6,17-18H,1-2H3. The summed E-state index contributed by atoms with van der Waals surface area (Å²) in [5, 5.41) is 19.4. The van der Waals surface area contributed by atoms with Gasteiger partial charge < -0.3 is 14.9 Å². The predicted octanol–water partition coefficient (Wildman–Crippen LogP) is 2.19. The maximum Gasteiger partial charge on any atom is 0.201 e. The minimum absolute atomic E-state index is 0.00217. The molecule has 2 aromatic rings. The van der Waals surface area contributed by atoms with Crippen LogP contribution in [-0.4, -0.2) is 28.9 Å². The van der Waals surface area contributed by atoms with Crippen molar-refractivity contribution in [2.45, 2.75) is 6.92 Å². The molecule has 0 spiro atoms. The number of benzene rings is 2. The fraction of sp³-hybridized carbons (Fsp3) is 0.125. The lowest BCUT2D eigenvalue weighted by Gasteiger charge is -2.21. The number of methoxy groups -OCH3 is 1. The van der Waals surface area contributed by atoms with E-state index >= 15 is 0 Å². The van der Waals surface area contributed by atoms with Crippen molar-refractivity contribution in [3.63, 3.8) is 0 Å². The smallest absolute Gasteiger partial charge is 0.201 e. The summed E-state index contributed by atoms with van der Waals surface area (Å²) in [6.45, 7) is 1.79. The molecule has 0 saturated carbocycles. The van der Waals surface area contributed by atoms with Gasteiger partial charge in [0.05, 0.1) is 18.2 Å². The van der Waals surface area contributed by atoms with Crippen LogP contribution in [0.3, 0.4) is 0 Å². The summed E-state index contributed by atoms with van der Waals surface area (Å²) in [5.74, 6) is -1.31. The molecule has 21 heavy (non-hydrogen) atoms. The van der Waals surface area contributed by atoms with Crippen molar-refractivity contribution in [1.29, 1.82) is 0 Å². The van der Waals surface area contributed by atoms with Gasteiger partial charge in [0.1, 0.15) is 17.2 Å². The highest BCUT2D eigenvalue weighted by molar-refractivity contribution is 6.30. The van der Waals surface area contributed by atoms with Crippen LogP contribution in [0.15, 0.2) is 24.3 Å².